The number of halogens is 1. The van der Waals surface area contributed by atoms with Crippen molar-refractivity contribution >= 4 is 17.6 Å². The monoisotopic (exact) mass is 519 g/mol. The predicted molar refractivity (Wildman–Crippen MR) is 147 cm³/mol. The number of aromatic carboxylic acids is 1. The number of aliphatic hydroxyl groups is 1. The number of benzene rings is 3. The van der Waals surface area contributed by atoms with E-state index in [2.05, 4.69) is 23.5 Å². The lowest BCUT2D eigenvalue weighted by Crippen LogP contribution is -2.37. The van der Waals surface area contributed by atoms with Crippen molar-refractivity contribution in [1.29, 1.82) is 0 Å². The van der Waals surface area contributed by atoms with Gasteiger partial charge in [-0.3, -0.25) is 0 Å². The fourth-order valence-corrected chi connectivity index (χ4v) is 5.72. The lowest BCUT2D eigenvalue weighted by molar-refractivity contribution is 0.0686. The number of aryl methyl sites for hydroxylation is 1. The van der Waals surface area contributed by atoms with E-state index in [1.165, 1.54) is 17.5 Å². The van der Waals surface area contributed by atoms with Crippen LogP contribution in [0, 0.1) is 0 Å². The zero-order chi connectivity index (χ0) is 25.8. The summed E-state index contributed by atoms with van der Waals surface area (Å²) in [5, 5.41) is 24.7. The zero-order valence-electron chi connectivity index (χ0n) is 21.0. The molecule has 0 heterocycles. The molecule has 194 valence electrons. The molecule has 2 aliphatic rings. The molecule has 0 radical (unpaired) electrons. The van der Waals surface area contributed by atoms with Gasteiger partial charge in [0.2, 0.25) is 0 Å². The van der Waals surface area contributed by atoms with Gasteiger partial charge in [0.15, 0.2) is 0 Å². The second-order valence-corrected chi connectivity index (χ2v) is 10.7. The molecule has 2 aliphatic carbocycles. The summed E-state index contributed by atoms with van der Waals surface area (Å²) in [7, 11) is 0. The van der Waals surface area contributed by atoms with Gasteiger partial charge in [-0.25, -0.2) is 4.79 Å². The Morgan fingerprint density at radius 3 is 2.54 bits per heavy atom. The van der Waals surface area contributed by atoms with Gasteiger partial charge in [0, 0.05) is 23.2 Å². The molecule has 3 aromatic carbocycles. The maximum Gasteiger partial charge on any atom is 0.339 e. The topological polar surface area (TPSA) is 78.8 Å². The van der Waals surface area contributed by atoms with Gasteiger partial charge in [-0.05, 0) is 85.4 Å². The van der Waals surface area contributed by atoms with Crippen LogP contribution in [0.1, 0.15) is 71.7 Å². The lowest BCUT2D eigenvalue weighted by Gasteiger charge is -2.28. The van der Waals surface area contributed by atoms with Crippen molar-refractivity contribution in [3.8, 4) is 16.9 Å². The predicted octanol–water partition coefficient (Wildman–Crippen LogP) is 6.60. The SMILES string of the molecule is O=C(O)c1cccc(-c2ccc3c(c2)C[C@@H](NC[C@H](O)c2ccc(Cl)cc2)CC3)c1OC1CCCCC1. The van der Waals surface area contributed by atoms with Crippen LogP contribution in [-0.4, -0.2) is 34.9 Å². The summed E-state index contributed by atoms with van der Waals surface area (Å²) < 4.78 is 6.38. The zero-order valence-corrected chi connectivity index (χ0v) is 21.7. The van der Waals surface area contributed by atoms with E-state index < -0.39 is 12.1 Å². The van der Waals surface area contributed by atoms with Crippen LogP contribution in [-0.2, 0) is 12.8 Å². The van der Waals surface area contributed by atoms with Crippen molar-refractivity contribution in [2.24, 2.45) is 0 Å². The number of ether oxygens (including phenoxy) is 1. The van der Waals surface area contributed by atoms with Gasteiger partial charge in [-0.1, -0.05) is 60.5 Å². The Morgan fingerprint density at radius 1 is 1.00 bits per heavy atom. The van der Waals surface area contributed by atoms with Gasteiger partial charge in [-0.15, -0.1) is 0 Å². The van der Waals surface area contributed by atoms with Crippen molar-refractivity contribution in [3.05, 3.63) is 87.9 Å². The number of fused-ring (bicyclic) bond motifs is 1. The van der Waals surface area contributed by atoms with E-state index >= 15 is 0 Å². The molecule has 0 aliphatic heterocycles. The summed E-state index contributed by atoms with van der Waals surface area (Å²) >= 11 is 5.97. The summed E-state index contributed by atoms with van der Waals surface area (Å²) in [6.07, 6.45) is 7.67. The first-order valence-electron chi connectivity index (χ1n) is 13.3. The van der Waals surface area contributed by atoms with Crippen molar-refractivity contribution < 1.29 is 19.7 Å². The summed E-state index contributed by atoms with van der Waals surface area (Å²) in [5.74, 6) is -0.479. The van der Waals surface area contributed by atoms with E-state index in [0.717, 1.165) is 61.6 Å². The Kier molecular flexibility index (Phi) is 8.14. The normalized spacial score (nSPS) is 18.7. The molecule has 5 rings (SSSR count). The van der Waals surface area contributed by atoms with Crippen LogP contribution in [0.25, 0.3) is 11.1 Å². The molecule has 0 unspecified atom stereocenters. The van der Waals surface area contributed by atoms with Gasteiger partial charge >= 0.3 is 5.97 Å². The molecule has 3 N–H and O–H groups in total. The van der Waals surface area contributed by atoms with Gasteiger partial charge < -0.3 is 20.3 Å². The molecule has 0 aromatic heterocycles. The number of carboxylic acids is 1. The first kappa shape index (κ1) is 25.8. The van der Waals surface area contributed by atoms with E-state index in [4.69, 9.17) is 16.3 Å². The molecule has 0 bridgehead atoms. The van der Waals surface area contributed by atoms with Gasteiger partial charge in [0.05, 0.1) is 12.2 Å². The van der Waals surface area contributed by atoms with Crippen molar-refractivity contribution in [2.45, 2.75) is 69.6 Å². The largest absolute Gasteiger partial charge is 0.489 e. The number of carbonyl (C=O) groups is 1. The molecule has 2 atom stereocenters. The molecular weight excluding hydrogens is 486 g/mol. The van der Waals surface area contributed by atoms with Crippen molar-refractivity contribution in [2.75, 3.05) is 6.54 Å². The van der Waals surface area contributed by atoms with Crippen LogP contribution in [0.15, 0.2) is 60.7 Å². The molecule has 37 heavy (non-hydrogen) atoms. The third-order valence-electron chi connectivity index (χ3n) is 7.68. The van der Waals surface area contributed by atoms with Crippen molar-refractivity contribution in [3.63, 3.8) is 0 Å². The fraction of sp³-hybridized carbons (Fsp3) is 0.387. The summed E-state index contributed by atoms with van der Waals surface area (Å²) in [4.78, 5) is 12.1. The second-order valence-electron chi connectivity index (χ2n) is 10.3. The highest BCUT2D eigenvalue weighted by Crippen LogP contribution is 2.38. The second kappa shape index (κ2) is 11.7. The number of para-hydroxylation sites is 1. The van der Waals surface area contributed by atoms with Crippen molar-refractivity contribution in [1.82, 2.24) is 5.32 Å². The lowest BCUT2D eigenvalue weighted by atomic mass is 9.86. The van der Waals surface area contributed by atoms with E-state index in [1.807, 2.05) is 18.2 Å². The number of rotatable bonds is 8. The minimum atomic E-state index is -0.964. The third kappa shape index (κ3) is 6.18. The number of nitrogens with one attached hydrogen (secondary N) is 1. The van der Waals surface area contributed by atoms with Crippen LogP contribution in [0.3, 0.4) is 0 Å². The molecule has 3 aromatic rings. The highest BCUT2D eigenvalue weighted by atomic mass is 35.5. The smallest absolute Gasteiger partial charge is 0.339 e. The van der Waals surface area contributed by atoms with Gasteiger partial charge in [0.25, 0.3) is 0 Å². The Morgan fingerprint density at radius 2 is 1.78 bits per heavy atom. The molecule has 6 heteroatoms. The Balaban J connectivity index is 1.34. The maximum absolute atomic E-state index is 12.1. The molecule has 1 fully saturated rings. The Hall–Kier alpha value is -2.86. The number of aliphatic hydroxyl groups excluding tert-OH is 1. The molecule has 0 amide bonds. The molecule has 0 spiro atoms. The fourth-order valence-electron chi connectivity index (χ4n) is 5.59. The highest BCUT2D eigenvalue weighted by molar-refractivity contribution is 6.30. The van der Waals surface area contributed by atoms with Crippen LogP contribution in [0.5, 0.6) is 5.75 Å². The third-order valence-corrected chi connectivity index (χ3v) is 7.93. The van der Waals surface area contributed by atoms with Crippen LogP contribution < -0.4 is 10.1 Å². The van der Waals surface area contributed by atoms with E-state index in [9.17, 15) is 15.0 Å². The van der Waals surface area contributed by atoms with Gasteiger partial charge in [0.1, 0.15) is 11.3 Å². The number of hydrogen-bond donors (Lipinski definition) is 3. The summed E-state index contributed by atoms with van der Waals surface area (Å²) in [5.41, 5.74) is 5.46. The standard InChI is InChI=1S/C31H34ClNO4/c32-24-14-11-21(12-15-24)29(34)19-33-25-16-13-20-9-10-22(17-23(20)18-25)27-7-4-8-28(31(35)36)30(27)37-26-5-2-1-3-6-26/h4,7-12,14-15,17,25-26,29,33-34H,1-3,5-6,13,16,18-19H2,(H,35,36)/t25-,29-/m0/s1. The molecule has 1 saturated carbocycles. The maximum atomic E-state index is 12.1. The molecule has 5 nitrogen and oxygen atoms in total. The average Bonchev–Trinajstić information content (AvgIpc) is 2.92. The van der Waals surface area contributed by atoms with Crippen LogP contribution in [0.2, 0.25) is 5.02 Å². The van der Waals surface area contributed by atoms with E-state index in [1.54, 1.807) is 24.3 Å². The summed E-state index contributed by atoms with van der Waals surface area (Å²) in [6, 6.07) is 19.4. The minimum Gasteiger partial charge on any atom is -0.489 e. The first-order valence-corrected chi connectivity index (χ1v) is 13.7. The van der Waals surface area contributed by atoms with Crippen LogP contribution >= 0.6 is 11.6 Å². The van der Waals surface area contributed by atoms with E-state index in [0.29, 0.717) is 17.3 Å². The van der Waals surface area contributed by atoms with Gasteiger partial charge in [-0.2, -0.15) is 0 Å². The number of carboxylic acid groups (broad SMARTS) is 1. The average molecular weight is 520 g/mol. The first-order chi connectivity index (χ1) is 18.0. The Labute approximate surface area is 223 Å². The minimum absolute atomic E-state index is 0.0614. The molecular formula is C31H34ClNO4. The Bertz CT molecular complexity index is 1240. The number of hydrogen-bond acceptors (Lipinski definition) is 4. The van der Waals surface area contributed by atoms with Crippen LogP contribution in [0.4, 0.5) is 0 Å². The highest BCUT2D eigenvalue weighted by Gasteiger charge is 2.24. The quantitative estimate of drug-likeness (QED) is 0.312. The molecule has 0 saturated heterocycles. The summed E-state index contributed by atoms with van der Waals surface area (Å²) in [6.45, 7) is 0.474. The van der Waals surface area contributed by atoms with E-state index in [-0.39, 0.29) is 17.7 Å².